The van der Waals surface area contributed by atoms with E-state index in [9.17, 15) is 9.18 Å². The van der Waals surface area contributed by atoms with Crippen molar-refractivity contribution in [1.82, 2.24) is 4.98 Å². The van der Waals surface area contributed by atoms with E-state index < -0.39 is 11.7 Å². The minimum absolute atomic E-state index is 0.0320. The molecule has 0 aliphatic rings. The van der Waals surface area contributed by atoms with Crippen LogP contribution in [-0.2, 0) is 0 Å². The Morgan fingerprint density at radius 2 is 1.84 bits per heavy atom. The summed E-state index contributed by atoms with van der Waals surface area (Å²) in [6.07, 6.45) is 1.46. The van der Waals surface area contributed by atoms with Crippen LogP contribution in [0.1, 0.15) is 10.4 Å². The van der Waals surface area contributed by atoms with Gasteiger partial charge in [0, 0.05) is 5.02 Å². The summed E-state index contributed by atoms with van der Waals surface area (Å²) in [7, 11) is 0. The highest BCUT2D eigenvalue weighted by Crippen LogP contribution is 2.28. The summed E-state index contributed by atoms with van der Waals surface area (Å²) in [6, 6.07) is 14.1. The number of hydrogen-bond acceptors (Lipinski definition) is 3. The summed E-state index contributed by atoms with van der Waals surface area (Å²) in [4.78, 5) is 16.3. The van der Waals surface area contributed by atoms with Crippen molar-refractivity contribution in [2.24, 2.45) is 0 Å². The van der Waals surface area contributed by atoms with Crippen molar-refractivity contribution in [3.8, 4) is 0 Å². The molecule has 0 unspecified atom stereocenters. The minimum Gasteiger partial charge on any atom is -0.339 e. The normalized spacial score (nSPS) is 10.4. The monoisotopic (exact) mass is 375 g/mol. The molecule has 126 valence electrons. The first kappa shape index (κ1) is 17.2. The highest BCUT2D eigenvalue weighted by molar-refractivity contribution is 6.35. The van der Waals surface area contributed by atoms with Gasteiger partial charge in [0.2, 0.25) is 0 Å². The van der Waals surface area contributed by atoms with Gasteiger partial charge >= 0.3 is 0 Å². The molecule has 0 bridgehead atoms. The van der Waals surface area contributed by atoms with Gasteiger partial charge in [-0.05, 0) is 42.5 Å². The highest BCUT2D eigenvalue weighted by Gasteiger charge is 2.11. The molecular formula is C18H12Cl2FN3O. The predicted octanol–water partition coefficient (Wildman–Crippen LogP) is 5.52. The number of carbonyl (C=O) groups is 1. The second-order valence-corrected chi connectivity index (χ2v) is 5.96. The number of carbonyl (C=O) groups excluding carboxylic acids is 1. The van der Waals surface area contributed by atoms with E-state index in [1.807, 2.05) is 0 Å². The number of nitrogens with one attached hydrogen (secondary N) is 2. The number of anilines is 3. The molecule has 3 rings (SSSR count). The molecule has 1 heterocycles. The zero-order valence-corrected chi connectivity index (χ0v) is 14.3. The molecule has 0 saturated heterocycles. The van der Waals surface area contributed by atoms with Gasteiger partial charge in [-0.1, -0.05) is 35.3 Å². The number of hydrogen-bond donors (Lipinski definition) is 2. The van der Waals surface area contributed by atoms with E-state index in [1.165, 1.54) is 24.4 Å². The van der Waals surface area contributed by atoms with E-state index in [-0.39, 0.29) is 5.56 Å². The standard InChI is InChI=1S/C18H12Cl2FN3O/c19-11-5-7-14(20)16(9-11)24-17-8-6-12(10-22-17)23-18(25)13-3-1-2-4-15(13)21/h1-10H,(H,22,24)(H,23,25). The van der Waals surface area contributed by atoms with Crippen LogP contribution in [-0.4, -0.2) is 10.9 Å². The van der Waals surface area contributed by atoms with Gasteiger partial charge in [-0.25, -0.2) is 9.37 Å². The summed E-state index contributed by atoms with van der Waals surface area (Å²) in [6.45, 7) is 0. The Kier molecular flexibility index (Phi) is 5.16. The lowest BCUT2D eigenvalue weighted by Gasteiger charge is -2.09. The van der Waals surface area contributed by atoms with Gasteiger partial charge in [-0.15, -0.1) is 0 Å². The van der Waals surface area contributed by atoms with Gasteiger partial charge in [-0.3, -0.25) is 4.79 Å². The lowest BCUT2D eigenvalue weighted by Crippen LogP contribution is -2.13. The van der Waals surface area contributed by atoms with E-state index in [2.05, 4.69) is 15.6 Å². The Morgan fingerprint density at radius 3 is 2.56 bits per heavy atom. The molecule has 1 aromatic heterocycles. The smallest absolute Gasteiger partial charge is 0.258 e. The topological polar surface area (TPSA) is 54.0 Å². The van der Waals surface area contributed by atoms with Crippen molar-refractivity contribution in [2.75, 3.05) is 10.6 Å². The van der Waals surface area contributed by atoms with Crippen molar-refractivity contribution in [1.29, 1.82) is 0 Å². The molecule has 0 aliphatic heterocycles. The van der Waals surface area contributed by atoms with Gasteiger partial charge in [0.15, 0.2) is 0 Å². The van der Waals surface area contributed by atoms with Gasteiger partial charge in [0.05, 0.1) is 28.2 Å². The maximum Gasteiger partial charge on any atom is 0.258 e. The molecule has 0 fully saturated rings. The van der Waals surface area contributed by atoms with Crippen molar-refractivity contribution in [3.63, 3.8) is 0 Å². The van der Waals surface area contributed by atoms with Crippen LogP contribution in [0, 0.1) is 5.82 Å². The van der Waals surface area contributed by atoms with Crippen LogP contribution in [0.4, 0.5) is 21.6 Å². The second kappa shape index (κ2) is 7.51. The first-order chi connectivity index (χ1) is 12.0. The minimum atomic E-state index is -0.582. The van der Waals surface area contributed by atoms with E-state index >= 15 is 0 Å². The molecule has 0 saturated carbocycles. The molecule has 0 radical (unpaired) electrons. The Hall–Kier alpha value is -2.63. The maximum absolute atomic E-state index is 13.6. The fourth-order valence-corrected chi connectivity index (χ4v) is 2.45. The average Bonchev–Trinajstić information content (AvgIpc) is 2.60. The van der Waals surface area contributed by atoms with Gasteiger partial charge in [-0.2, -0.15) is 0 Å². The molecular weight excluding hydrogens is 364 g/mol. The van der Waals surface area contributed by atoms with Crippen LogP contribution in [0.2, 0.25) is 10.0 Å². The SMILES string of the molecule is O=C(Nc1ccc(Nc2cc(Cl)ccc2Cl)nc1)c1ccccc1F. The Balaban J connectivity index is 1.71. The van der Waals surface area contributed by atoms with Crippen LogP contribution >= 0.6 is 23.2 Å². The lowest BCUT2D eigenvalue weighted by atomic mass is 10.2. The van der Waals surface area contributed by atoms with Crippen molar-refractivity contribution in [2.45, 2.75) is 0 Å². The number of amides is 1. The van der Waals surface area contributed by atoms with Crippen molar-refractivity contribution < 1.29 is 9.18 Å². The maximum atomic E-state index is 13.6. The van der Waals surface area contributed by atoms with E-state index in [0.29, 0.717) is 27.2 Å². The Labute approximate surface area is 153 Å². The fraction of sp³-hybridized carbons (Fsp3) is 0. The molecule has 4 nitrogen and oxygen atoms in total. The molecule has 7 heteroatoms. The molecule has 1 amide bonds. The molecule has 0 spiro atoms. The third-order valence-corrected chi connectivity index (χ3v) is 3.90. The quantitative estimate of drug-likeness (QED) is 0.630. The Bertz CT molecular complexity index is 916. The van der Waals surface area contributed by atoms with Gasteiger partial charge < -0.3 is 10.6 Å². The number of nitrogens with zero attached hydrogens (tertiary/aromatic N) is 1. The summed E-state index contributed by atoms with van der Waals surface area (Å²) in [5.41, 5.74) is 1.02. The van der Waals surface area contributed by atoms with Crippen molar-refractivity contribution in [3.05, 3.63) is 82.2 Å². The van der Waals surface area contributed by atoms with Crippen LogP contribution in [0.15, 0.2) is 60.8 Å². The van der Waals surface area contributed by atoms with Gasteiger partial charge in [0.25, 0.3) is 5.91 Å². The average molecular weight is 376 g/mol. The first-order valence-electron chi connectivity index (χ1n) is 7.27. The first-order valence-corrected chi connectivity index (χ1v) is 8.02. The molecule has 2 aromatic carbocycles. The third kappa shape index (κ3) is 4.26. The molecule has 25 heavy (non-hydrogen) atoms. The zero-order valence-electron chi connectivity index (χ0n) is 12.8. The van der Waals surface area contributed by atoms with Crippen LogP contribution < -0.4 is 10.6 Å². The summed E-state index contributed by atoms with van der Waals surface area (Å²) in [5.74, 6) is -0.603. The fourth-order valence-electron chi connectivity index (χ4n) is 2.12. The summed E-state index contributed by atoms with van der Waals surface area (Å²) in [5, 5.41) is 6.67. The zero-order chi connectivity index (χ0) is 17.8. The number of pyridine rings is 1. The van der Waals surface area contributed by atoms with E-state index in [1.54, 1.807) is 36.4 Å². The second-order valence-electron chi connectivity index (χ2n) is 5.12. The number of benzene rings is 2. The number of rotatable bonds is 4. The molecule has 0 atom stereocenters. The molecule has 3 aromatic rings. The Morgan fingerprint density at radius 1 is 1.04 bits per heavy atom. The molecule has 0 aliphatic carbocycles. The number of halogens is 3. The largest absolute Gasteiger partial charge is 0.339 e. The highest BCUT2D eigenvalue weighted by atomic mass is 35.5. The lowest BCUT2D eigenvalue weighted by molar-refractivity contribution is 0.102. The summed E-state index contributed by atoms with van der Waals surface area (Å²) >= 11 is 12.0. The molecule has 2 N–H and O–H groups in total. The number of aromatic nitrogens is 1. The van der Waals surface area contributed by atoms with Crippen LogP contribution in [0.25, 0.3) is 0 Å². The third-order valence-electron chi connectivity index (χ3n) is 3.33. The van der Waals surface area contributed by atoms with E-state index in [0.717, 1.165) is 0 Å². The van der Waals surface area contributed by atoms with E-state index in [4.69, 9.17) is 23.2 Å². The van der Waals surface area contributed by atoms with Crippen LogP contribution in [0.3, 0.4) is 0 Å². The van der Waals surface area contributed by atoms with Gasteiger partial charge in [0.1, 0.15) is 11.6 Å². The summed E-state index contributed by atoms with van der Waals surface area (Å²) < 4.78 is 13.6. The van der Waals surface area contributed by atoms with Crippen LogP contribution in [0.5, 0.6) is 0 Å². The van der Waals surface area contributed by atoms with Crippen molar-refractivity contribution >= 4 is 46.3 Å². The predicted molar refractivity (Wildman–Crippen MR) is 98.3 cm³/mol.